The normalized spacial score (nSPS) is 10.6. The smallest absolute Gasteiger partial charge is 0.379 e. The van der Waals surface area contributed by atoms with Crippen LogP contribution in [0.4, 0.5) is 0 Å². The van der Waals surface area contributed by atoms with Gasteiger partial charge in [0, 0.05) is 11.9 Å². The van der Waals surface area contributed by atoms with Crippen molar-refractivity contribution in [3.63, 3.8) is 0 Å². The van der Waals surface area contributed by atoms with E-state index in [9.17, 15) is 9.59 Å². The van der Waals surface area contributed by atoms with Crippen molar-refractivity contribution in [2.24, 2.45) is 5.10 Å². The predicted molar refractivity (Wildman–Crippen MR) is 101 cm³/mol. The number of carbonyl (C=O) groups is 2. The Bertz CT molecular complexity index is 995. The number of hydrazone groups is 1. The van der Waals surface area contributed by atoms with Crippen LogP contribution in [0.15, 0.2) is 64.4 Å². The zero-order chi connectivity index (χ0) is 19.9. The van der Waals surface area contributed by atoms with Crippen LogP contribution >= 0.6 is 0 Å². The maximum absolute atomic E-state index is 12.0. The Hall–Kier alpha value is -3.94. The number of nitrogens with one attached hydrogen (secondary N) is 1. The summed E-state index contributed by atoms with van der Waals surface area (Å²) >= 11 is 0. The third kappa shape index (κ3) is 4.61. The van der Waals surface area contributed by atoms with E-state index in [0.717, 1.165) is 5.69 Å². The second kappa shape index (κ2) is 8.63. The van der Waals surface area contributed by atoms with E-state index in [1.807, 2.05) is 6.92 Å². The molecule has 0 aliphatic carbocycles. The minimum absolute atomic E-state index is 0.0843. The molecule has 0 radical (unpaired) electrons. The molecule has 1 N–H and O–H groups in total. The van der Waals surface area contributed by atoms with Crippen LogP contribution in [0, 0.1) is 6.92 Å². The van der Waals surface area contributed by atoms with Crippen LogP contribution in [0.1, 0.15) is 32.2 Å². The Morgan fingerprint density at radius 3 is 2.71 bits per heavy atom. The van der Waals surface area contributed by atoms with Gasteiger partial charge in [0.15, 0.2) is 11.5 Å². The van der Waals surface area contributed by atoms with Crippen LogP contribution in [0.25, 0.3) is 0 Å². The summed E-state index contributed by atoms with van der Waals surface area (Å²) in [6.07, 6.45) is 4.31. The van der Waals surface area contributed by atoms with Crippen molar-refractivity contribution >= 4 is 18.1 Å². The van der Waals surface area contributed by atoms with E-state index in [-0.39, 0.29) is 17.4 Å². The third-order valence-corrected chi connectivity index (χ3v) is 3.67. The number of furan rings is 1. The lowest BCUT2D eigenvalue weighted by Gasteiger charge is -2.09. The molecule has 1 amide bonds. The van der Waals surface area contributed by atoms with Crippen LogP contribution in [0.3, 0.4) is 0 Å². The Balaban J connectivity index is 1.66. The lowest BCUT2D eigenvalue weighted by Crippen LogP contribution is -2.17. The Morgan fingerprint density at radius 1 is 1.18 bits per heavy atom. The van der Waals surface area contributed by atoms with Crippen LogP contribution in [-0.2, 0) is 0 Å². The summed E-state index contributed by atoms with van der Waals surface area (Å²) in [7, 11) is 1.45. The summed E-state index contributed by atoms with van der Waals surface area (Å²) < 4.78 is 15.5. The first kappa shape index (κ1) is 18.8. The molecule has 8 heteroatoms. The van der Waals surface area contributed by atoms with Gasteiger partial charge < -0.3 is 13.9 Å². The van der Waals surface area contributed by atoms with Gasteiger partial charge >= 0.3 is 5.97 Å². The predicted octanol–water partition coefficient (Wildman–Crippen LogP) is 2.97. The third-order valence-electron chi connectivity index (χ3n) is 3.67. The van der Waals surface area contributed by atoms with Crippen molar-refractivity contribution < 1.29 is 23.5 Å². The number of nitrogens with zero attached hydrogens (tertiary/aromatic N) is 2. The first-order valence-corrected chi connectivity index (χ1v) is 8.26. The van der Waals surface area contributed by atoms with Crippen LogP contribution in [0.5, 0.6) is 11.5 Å². The molecule has 142 valence electrons. The number of methoxy groups -OCH3 is 1. The number of carbonyl (C=O) groups excluding carboxylic acids is 2. The van der Waals surface area contributed by atoms with Crippen molar-refractivity contribution in [1.82, 2.24) is 10.4 Å². The number of pyridine rings is 1. The van der Waals surface area contributed by atoms with E-state index in [1.165, 1.54) is 31.9 Å². The fourth-order valence-electron chi connectivity index (χ4n) is 2.23. The standard InChI is InChI=1S/C20H17N3O5/c1-13-5-7-15(12-21-13)19(24)23-22-11-14-6-8-16(18(10-14)26-2)28-20(25)17-4-3-9-27-17/h3-12H,1-2H3,(H,23,24)/b22-11+. The zero-order valence-corrected chi connectivity index (χ0v) is 15.2. The Morgan fingerprint density at radius 2 is 2.04 bits per heavy atom. The summed E-state index contributed by atoms with van der Waals surface area (Å²) in [6, 6.07) is 11.3. The van der Waals surface area contributed by atoms with E-state index in [2.05, 4.69) is 15.5 Å². The van der Waals surface area contributed by atoms with Gasteiger partial charge in [0.25, 0.3) is 5.91 Å². The van der Waals surface area contributed by atoms with Gasteiger partial charge in [-0.25, -0.2) is 10.2 Å². The number of rotatable bonds is 6. The van der Waals surface area contributed by atoms with Crippen molar-refractivity contribution in [2.75, 3.05) is 7.11 Å². The monoisotopic (exact) mass is 379 g/mol. The van der Waals surface area contributed by atoms with Gasteiger partial charge in [0.1, 0.15) is 0 Å². The van der Waals surface area contributed by atoms with Crippen molar-refractivity contribution in [3.8, 4) is 11.5 Å². The molecule has 0 fully saturated rings. The maximum atomic E-state index is 12.0. The minimum atomic E-state index is -0.635. The topological polar surface area (TPSA) is 103 Å². The molecule has 0 saturated carbocycles. The molecule has 0 aliphatic heterocycles. The molecule has 8 nitrogen and oxygen atoms in total. The van der Waals surface area contributed by atoms with Gasteiger partial charge in [-0.2, -0.15) is 5.10 Å². The van der Waals surface area contributed by atoms with Crippen LogP contribution in [-0.4, -0.2) is 30.2 Å². The van der Waals surface area contributed by atoms with Gasteiger partial charge in [-0.15, -0.1) is 0 Å². The van der Waals surface area contributed by atoms with E-state index >= 15 is 0 Å². The number of benzene rings is 1. The number of hydrogen-bond donors (Lipinski definition) is 1. The second-order valence-electron chi connectivity index (χ2n) is 5.66. The van der Waals surface area contributed by atoms with Crippen molar-refractivity contribution in [3.05, 3.63) is 77.5 Å². The Kier molecular flexibility index (Phi) is 5.81. The first-order chi connectivity index (χ1) is 13.6. The molecule has 0 bridgehead atoms. The molecule has 2 heterocycles. The first-order valence-electron chi connectivity index (χ1n) is 8.26. The van der Waals surface area contributed by atoms with Gasteiger partial charge in [0.05, 0.1) is 25.2 Å². The molecule has 0 unspecified atom stereocenters. The molecule has 2 aromatic heterocycles. The minimum Gasteiger partial charge on any atom is -0.493 e. The molecule has 1 aromatic carbocycles. The molecule has 0 atom stereocenters. The van der Waals surface area contributed by atoms with E-state index in [0.29, 0.717) is 16.9 Å². The molecule has 28 heavy (non-hydrogen) atoms. The van der Waals surface area contributed by atoms with Gasteiger partial charge in [-0.3, -0.25) is 9.78 Å². The number of aromatic nitrogens is 1. The van der Waals surface area contributed by atoms with Crippen LogP contribution in [0.2, 0.25) is 0 Å². The van der Waals surface area contributed by atoms with Crippen LogP contribution < -0.4 is 14.9 Å². The molecule has 0 aliphatic rings. The summed E-state index contributed by atoms with van der Waals surface area (Å²) in [6.45, 7) is 1.84. The molecular weight excluding hydrogens is 362 g/mol. The SMILES string of the molecule is COc1cc(/C=N/NC(=O)c2ccc(C)nc2)ccc1OC(=O)c1ccco1. The van der Waals surface area contributed by atoms with Gasteiger partial charge in [-0.05, 0) is 55.0 Å². The van der Waals surface area contributed by atoms with Gasteiger partial charge in [-0.1, -0.05) is 0 Å². The molecule has 0 spiro atoms. The molecule has 3 aromatic rings. The zero-order valence-electron chi connectivity index (χ0n) is 15.2. The highest BCUT2D eigenvalue weighted by molar-refractivity contribution is 5.94. The number of esters is 1. The van der Waals surface area contributed by atoms with E-state index < -0.39 is 5.97 Å². The second-order valence-corrected chi connectivity index (χ2v) is 5.66. The number of hydrogen-bond acceptors (Lipinski definition) is 7. The molecular formula is C20H17N3O5. The molecule has 0 saturated heterocycles. The van der Waals surface area contributed by atoms with E-state index in [4.69, 9.17) is 13.9 Å². The summed E-state index contributed by atoms with van der Waals surface area (Å²) in [5, 5.41) is 3.92. The maximum Gasteiger partial charge on any atom is 0.379 e. The van der Waals surface area contributed by atoms with Crippen molar-refractivity contribution in [1.29, 1.82) is 0 Å². The van der Waals surface area contributed by atoms with E-state index in [1.54, 1.807) is 36.4 Å². The fourth-order valence-corrected chi connectivity index (χ4v) is 2.23. The van der Waals surface area contributed by atoms with Gasteiger partial charge in [0.2, 0.25) is 5.76 Å². The molecule has 3 rings (SSSR count). The number of ether oxygens (including phenoxy) is 2. The largest absolute Gasteiger partial charge is 0.493 e. The lowest BCUT2D eigenvalue weighted by molar-refractivity contribution is 0.0696. The fraction of sp³-hybridized carbons (Fsp3) is 0.100. The quantitative estimate of drug-likeness (QED) is 0.306. The average Bonchev–Trinajstić information content (AvgIpc) is 3.24. The highest BCUT2D eigenvalue weighted by Crippen LogP contribution is 2.28. The summed E-state index contributed by atoms with van der Waals surface area (Å²) in [5.41, 5.74) is 4.28. The number of amides is 1. The van der Waals surface area contributed by atoms with Crippen molar-refractivity contribution in [2.45, 2.75) is 6.92 Å². The number of aryl methyl sites for hydroxylation is 1. The average molecular weight is 379 g/mol. The highest BCUT2D eigenvalue weighted by Gasteiger charge is 2.14. The Labute approximate surface area is 160 Å². The summed E-state index contributed by atoms with van der Waals surface area (Å²) in [4.78, 5) is 28.0. The summed E-state index contributed by atoms with van der Waals surface area (Å²) in [5.74, 6) is -0.363. The highest BCUT2D eigenvalue weighted by atomic mass is 16.6. The lowest BCUT2D eigenvalue weighted by atomic mass is 10.2.